The Morgan fingerprint density at radius 1 is 0.357 bits per heavy atom. The monoisotopic (exact) mass is 748 g/mol. The summed E-state index contributed by atoms with van der Waals surface area (Å²) in [5.74, 6) is 0. The largest absolute Gasteiger partial charge is 0.309 e. The Morgan fingerprint density at radius 2 is 0.893 bits per heavy atom. The third kappa shape index (κ3) is 4.80. The van der Waals surface area contributed by atoms with Gasteiger partial charge < -0.3 is 9.47 Å². The topological polar surface area (TPSA) is 8.17 Å². The van der Waals surface area contributed by atoms with Crippen LogP contribution in [0, 0.1) is 0 Å². The minimum Gasteiger partial charge on any atom is -0.309 e. The number of fused-ring (bicyclic) bond motifs is 10. The summed E-state index contributed by atoms with van der Waals surface area (Å²) in [6.07, 6.45) is 0. The lowest BCUT2D eigenvalue weighted by Gasteiger charge is -2.27. The van der Waals surface area contributed by atoms with E-state index in [-0.39, 0.29) is 0 Å². The van der Waals surface area contributed by atoms with Crippen LogP contribution >= 0.6 is 22.7 Å². The van der Waals surface area contributed by atoms with Gasteiger partial charge in [0.05, 0.1) is 31.8 Å². The second-order valence-electron chi connectivity index (χ2n) is 14.5. The van der Waals surface area contributed by atoms with Crippen LogP contribution < -0.4 is 4.90 Å². The summed E-state index contributed by atoms with van der Waals surface area (Å²) < 4.78 is 7.60. The number of hydrogen-bond acceptors (Lipinski definition) is 3. The molecule has 12 rings (SSSR count). The second kappa shape index (κ2) is 12.4. The van der Waals surface area contributed by atoms with Crippen LogP contribution in [0.5, 0.6) is 0 Å². The molecule has 0 fully saturated rings. The van der Waals surface area contributed by atoms with E-state index in [2.05, 4.69) is 204 Å². The molecule has 0 saturated carbocycles. The summed E-state index contributed by atoms with van der Waals surface area (Å²) in [6.45, 7) is 0. The standard InChI is InChI=1S/C52H32N2S2/c1-2-12-37(13-3-1)53-45-19-7-4-14-39(45)40-29-27-36(32-48(40)53)33-24-25-35-31-38(28-26-34(35)30-33)54(46-20-10-17-43-41-15-5-8-22-49(41)55-51(43)46)47-21-11-18-44-42-16-6-9-23-50(42)56-52(44)47/h1-32H. The predicted octanol–water partition coefficient (Wildman–Crippen LogP) is 15.8. The number of para-hydroxylation sites is 2. The van der Waals surface area contributed by atoms with E-state index >= 15 is 0 Å². The van der Waals surface area contributed by atoms with Crippen molar-refractivity contribution >= 4 is 113 Å². The van der Waals surface area contributed by atoms with Gasteiger partial charge in [0.25, 0.3) is 0 Å². The molecule has 3 heterocycles. The molecule has 0 unspecified atom stereocenters. The number of anilines is 3. The van der Waals surface area contributed by atoms with Crippen molar-refractivity contribution in [2.45, 2.75) is 0 Å². The quantitative estimate of drug-likeness (QED) is 0.170. The fourth-order valence-electron chi connectivity index (χ4n) is 8.78. The Morgan fingerprint density at radius 3 is 1.61 bits per heavy atom. The number of benzene rings is 9. The lowest BCUT2D eigenvalue weighted by Crippen LogP contribution is -2.10. The molecule has 12 aromatic rings. The summed E-state index contributed by atoms with van der Waals surface area (Å²) in [5.41, 5.74) is 9.57. The van der Waals surface area contributed by atoms with Gasteiger partial charge in [0.15, 0.2) is 0 Å². The molecule has 0 aliphatic rings. The zero-order valence-corrected chi connectivity index (χ0v) is 31.8. The molecule has 0 aliphatic carbocycles. The molecule has 0 bridgehead atoms. The molecule has 0 N–H and O–H groups in total. The van der Waals surface area contributed by atoms with E-state index in [1.54, 1.807) is 0 Å². The molecular weight excluding hydrogens is 717 g/mol. The maximum atomic E-state index is 2.50. The van der Waals surface area contributed by atoms with Crippen molar-refractivity contribution < 1.29 is 0 Å². The highest BCUT2D eigenvalue weighted by atomic mass is 32.1. The number of hydrogen-bond donors (Lipinski definition) is 0. The Bertz CT molecular complexity index is 3380. The Balaban J connectivity index is 1.03. The van der Waals surface area contributed by atoms with Crippen molar-refractivity contribution in [2.75, 3.05) is 4.90 Å². The first-order valence-corrected chi connectivity index (χ1v) is 20.6. The fourth-order valence-corrected chi connectivity index (χ4v) is 11.2. The predicted molar refractivity (Wildman–Crippen MR) is 244 cm³/mol. The van der Waals surface area contributed by atoms with Gasteiger partial charge in [-0.05, 0) is 88.6 Å². The zero-order valence-electron chi connectivity index (χ0n) is 30.2. The molecule has 0 atom stereocenters. The molecule has 3 aromatic heterocycles. The maximum absolute atomic E-state index is 2.50. The highest BCUT2D eigenvalue weighted by Gasteiger charge is 2.22. The number of aromatic nitrogens is 1. The molecule has 0 spiro atoms. The van der Waals surface area contributed by atoms with Crippen molar-refractivity contribution in [3.63, 3.8) is 0 Å². The minimum absolute atomic E-state index is 1.15. The van der Waals surface area contributed by atoms with Gasteiger partial charge in [-0.3, -0.25) is 0 Å². The van der Waals surface area contributed by atoms with Crippen LogP contribution in [0.4, 0.5) is 17.1 Å². The van der Waals surface area contributed by atoms with E-state index in [1.807, 2.05) is 22.7 Å². The molecular formula is C52H32N2S2. The van der Waals surface area contributed by atoms with Crippen molar-refractivity contribution in [3.8, 4) is 16.8 Å². The molecule has 56 heavy (non-hydrogen) atoms. The molecule has 0 amide bonds. The highest BCUT2D eigenvalue weighted by Crippen LogP contribution is 2.49. The Kier molecular flexibility index (Phi) is 7.00. The van der Waals surface area contributed by atoms with Crippen molar-refractivity contribution in [2.24, 2.45) is 0 Å². The van der Waals surface area contributed by atoms with Gasteiger partial charge in [0.1, 0.15) is 0 Å². The molecule has 4 heteroatoms. The molecule has 2 nitrogen and oxygen atoms in total. The van der Waals surface area contributed by atoms with E-state index in [0.717, 1.165) is 5.69 Å². The van der Waals surface area contributed by atoms with E-state index in [1.165, 1.54) is 101 Å². The van der Waals surface area contributed by atoms with Crippen LogP contribution in [-0.2, 0) is 0 Å². The van der Waals surface area contributed by atoms with Gasteiger partial charge in [-0.1, -0.05) is 127 Å². The van der Waals surface area contributed by atoms with Crippen molar-refractivity contribution in [1.82, 2.24) is 4.57 Å². The zero-order chi connectivity index (χ0) is 36.7. The molecule has 0 radical (unpaired) electrons. The average molecular weight is 749 g/mol. The van der Waals surface area contributed by atoms with Crippen LogP contribution in [0.2, 0.25) is 0 Å². The van der Waals surface area contributed by atoms with Gasteiger partial charge in [-0.2, -0.15) is 0 Å². The normalized spacial score (nSPS) is 11.9. The van der Waals surface area contributed by atoms with Gasteiger partial charge >= 0.3 is 0 Å². The summed E-state index contributed by atoms with van der Waals surface area (Å²) in [5, 5.41) is 10.2. The highest BCUT2D eigenvalue weighted by molar-refractivity contribution is 7.27. The summed E-state index contributed by atoms with van der Waals surface area (Å²) in [6, 6.07) is 71.4. The van der Waals surface area contributed by atoms with Crippen LogP contribution in [0.1, 0.15) is 0 Å². The van der Waals surface area contributed by atoms with Crippen LogP contribution in [0.15, 0.2) is 194 Å². The first kappa shape index (κ1) is 31.6. The molecule has 262 valence electrons. The molecule has 0 saturated heterocycles. The lowest BCUT2D eigenvalue weighted by atomic mass is 9.99. The third-order valence-corrected chi connectivity index (χ3v) is 13.8. The maximum Gasteiger partial charge on any atom is 0.0640 e. The van der Waals surface area contributed by atoms with Gasteiger partial charge in [0, 0.05) is 53.1 Å². The van der Waals surface area contributed by atoms with Crippen LogP contribution in [0.3, 0.4) is 0 Å². The fraction of sp³-hybridized carbons (Fsp3) is 0. The minimum atomic E-state index is 1.15. The van der Waals surface area contributed by atoms with Gasteiger partial charge in [-0.15, -0.1) is 22.7 Å². The average Bonchev–Trinajstić information content (AvgIpc) is 3.94. The van der Waals surface area contributed by atoms with Crippen molar-refractivity contribution in [3.05, 3.63) is 194 Å². The van der Waals surface area contributed by atoms with E-state index in [9.17, 15) is 0 Å². The SMILES string of the molecule is c1ccc(-n2c3ccccc3c3ccc(-c4ccc5cc(N(c6cccc7c6sc6ccccc67)c6cccc7c6sc6ccccc67)ccc5c4)cc32)cc1. The summed E-state index contributed by atoms with van der Waals surface area (Å²) >= 11 is 3.76. The van der Waals surface area contributed by atoms with Gasteiger partial charge in [-0.25, -0.2) is 0 Å². The lowest BCUT2D eigenvalue weighted by molar-refractivity contribution is 1.18. The Hall–Kier alpha value is -6.72. The smallest absolute Gasteiger partial charge is 0.0640 e. The van der Waals surface area contributed by atoms with Crippen LogP contribution in [-0.4, -0.2) is 4.57 Å². The summed E-state index contributed by atoms with van der Waals surface area (Å²) in [7, 11) is 0. The second-order valence-corrected chi connectivity index (χ2v) is 16.6. The Labute approximate surface area is 331 Å². The van der Waals surface area contributed by atoms with E-state index in [4.69, 9.17) is 0 Å². The number of rotatable bonds is 5. The summed E-state index contributed by atoms with van der Waals surface area (Å²) in [4.78, 5) is 2.50. The third-order valence-electron chi connectivity index (χ3n) is 11.4. The van der Waals surface area contributed by atoms with Crippen molar-refractivity contribution in [1.29, 1.82) is 0 Å². The molecule has 0 aliphatic heterocycles. The molecule has 9 aromatic carbocycles. The van der Waals surface area contributed by atoms with E-state index < -0.39 is 0 Å². The first-order chi connectivity index (χ1) is 27.8. The number of thiophene rings is 2. The number of nitrogens with zero attached hydrogens (tertiary/aromatic N) is 2. The van der Waals surface area contributed by atoms with Gasteiger partial charge in [0.2, 0.25) is 0 Å². The van der Waals surface area contributed by atoms with E-state index in [0.29, 0.717) is 0 Å². The first-order valence-electron chi connectivity index (χ1n) is 19.0. The van der Waals surface area contributed by atoms with Crippen LogP contribution in [0.25, 0.3) is 89.7 Å².